The molecule has 5 heteroatoms. The first-order chi connectivity index (χ1) is 7.77. The third-order valence-electron chi connectivity index (χ3n) is 1.73. The minimum Gasteiger partial charge on any atom is -0.378 e. The molecule has 0 aliphatic heterocycles. The lowest BCUT2D eigenvalue weighted by atomic mass is 10.4. The molecule has 1 N–H and O–H groups in total. The zero-order valence-electron chi connectivity index (χ0n) is 10.2. The summed E-state index contributed by atoms with van der Waals surface area (Å²) in [5, 5.41) is 3.25. The molecule has 5 nitrogen and oxygen atoms in total. The van der Waals surface area contributed by atoms with Crippen molar-refractivity contribution >= 4 is 6.29 Å². The van der Waals surface area contributed by atoms with Crippen LogP contribution < -0.4 is 5.32 Å². The number of hydrogen-bond donors (Lipinski definition) is 1. The second kappa shape index (κ2) is 12.6. The van der Waals surface area contributed by atoms with Crippen molar-refractivity contribution in [1.29, 1.82) is 0 Å². The molecule has 0 unspecified atom stereocenters. The fraction of sp³-hybridized carbons (Fsp3) is 0.909. The van der Waals surface area contributed by atoms with Gasteiger partial charge in [0.1, 0.15) is 12.9 Å². The van der Waals surface area contributed by atoms with Gasteiger partial charge in [-0.1, -0.05) is 13.8 Å². The van der Waals surface area contributed by atoms with E-state index in [0.717, 1.165) is 12.8 Å². The fourth-order valence-electron chi connectivity index (χ4n) is 0.991. The Morgan fingerprint density at radius 3 is 2.12 bits per heavy atom. The predicted octanol–water partition coefficient (Wildman–Crippen LogP) is 0.233. The molecule has 0 heterocycles. The van der Waals surface area contributed by atoms with Crippen LogP contribution in [0.4, 0.5) is 0 Å². The van der Waals surface area contributed by atoms with E-state index in [1.165, 1.54) is 0 Å². The number of hydrogen-bond acceptors (Lipinski definition) is 5. The van der Waals surface area contributed by atoms with Crippen molar-refractivity contribution in [3.63, 3.8) is 0 Å². The molecule has 0 aromatic carbocycles. The zero-order valence-corrected chi connectivity index (χ0v) is 10.2. The van der Waals surface area contributed by atoms with Gasteiger partial charge in [-0.3, -0.25) is 0 Å². The third-order valence-corrected chi connectivity index (χ3v) is 1.73. The van der Waals surface area contributed by atoms with E-state index < -0.39 is 0 Å². The van der Waals surface area contributed by atoms with Gasteiger partial charge in [0, 0.05) is 12.6 Å². The minimum atomic E-state index is 0.140. The molecule has 0 amide bonds. The first-order valence-electron chi connectivity index (χ1n) is 5.67. The topological polar surface area (TPSA) is 56.8 Å². The molecule has 0 bridgehead atoms. The van der Waals surface area contributed by atoms with Crippen molar-refractivity contribution in [2.45, 2.75) is 19.9 Å². The van der Waals surface area contributed by atoms with Gasteiger partial charge in [-0.05, 0) is 0 Å². The zero-order chi connectivity index (χ0) is 12.1. The SMILES string of the molecule is CC(C)NCCOCCOCCOCC=O. The molecule has 96 valence electrons. The van der Waals surface area contributed by atoms with Crippen LogP contribution in [0.15, 0.2) is 0 Å². The highest BCUT2D eigenvalue weighted by molar-refractivity contribution is 5.50. The van der Waals surface area contributed by atoms with Gasteiger partial charge >= 0.3 is 0 Å². The Bertz CT molecular complexity index is 153. The summed E-state index contributed by atoms with van der Waals surface area (Å²) in [5.74, 6) is 0. The monoisotopic (exact) mass is 233 g/mol. The molecule has 0 atom stereocenters. The van der Waals surface area contributed by atoms with E-state index in [2.05, 4.69) is 19.2 Å². The number of aldehydes is 1. The van der Waals surface area contributed by atoms with E-state index in [-0.39, 0.29) is 6.61 Å². The minimum absolute atomic E-state index is 0.140. The second-order valence-electron chi connectivity index (χ2n) is 3.58. The standard InChI is InChI=1S/C11H23NO4/c1-11(2)12-3-5-14-7-9-16-10-8-15-6-4-13/h4,11-12H,3,5-10H2,1-2H3. The molecule has 0 rings (SSSR count). The summed E-state index contributed by atoms with van der Waals surface area (Å²) < 4.78 is 15.5. The third kappa shape index (κ3) is 13.5. The molecule has 0 fully saturated rings. The molecule has 0 aliphatic carbocycles. The van der Waals surface area contributed by atoms with Crippen molar-refractivity contribution in [3.8, 4) is 0 Å². The number of nitrogens with one attached hydrogen (secondary N) is 1. The highest BCUT2D eigenvalue weighted by Gasteiger charge is 1.93. The van der Waals surface area contributed by atoms with Crippen LogP contribution in [0.5, 0.6) is 0 Å². The molecule has 0 aliphatic rings. The summed E-state index contributed by atoms with van der Waals surface area (Å²) in [6.45, 7) is 8.00. The average Bonchev–Trinajstić information content (AvgIpc) is 2.25. The molecule has 0 aromatic heterocycles. The van der Waals surface area contributed by atoms with Gasteiger partial charge in [0.05, 0.1) is 33.0 Å². The van der Waals surface area contributed by atoms with Crippen molar-refractivity contribution in [3.05, 3.63) is 0 Å². The van der Waals surface area contributed by atoms with Gasteiger partial charge in [-0.15, -0.1) is 0 Å². The largest absolute Gasteiger partial charge is 0.378 e. The van der Waals surface area contributed by atoms with Crippen LogP contribution in [0.1, 0.15) is 13.8 Å². The molecular weight excluding hydrogens is 210 g/mol. The first-order valence-corrected chi connectivity index (χ1v) is 5.67. The Morgan fingerprint density at radius 2 is 1.56 bits per heavy atom. The van der Waals surface area contributed by atoms with Crippen LogP contribution in [-0.4, -0.2) is 58.5 Å². The molecule has 0 aromatic rings. The quantitative estimate of drug-likeness (QED) is 0.386. The number of rotatable bonds is 12. The molecule has 0 saturated carbocycles. The van der Waals surface area contributed by atoms with Gasteiger partial charge in [0.15, 0.2) is 0 Å². The maximum atomic E-state index is 9.90. The normalized spacial score (nSPS) is 10.9. The van der Waals surface area contributed by atoms with Gasteiger partial charge in [0.2, 0.25) is 0 Å². The summed E-state index contributed by atoms with van der Waals surface area (Å²) in [6, 6.07) is 0.495. The van der Waals surface area contributed by atoms with E-state index in [4.69, 9.17) is 14.2 Å². The van der Waals surface area contributed by atoms with Crippen LogP contribution in [0, 0.1) is 0 Å². The molecule has 0 spiro atoms. The van der Waals surface area contributed by atoms with Crippen molar-refractivity contribution in [2.24, 2.45) is 0 Å². The maximum Gasteiger partial charge on any atom is 0.145 e. The van der Waals surface area contributed by atoms with Crippen molar-refractivity contribution < 1.29 is 19.0 Å². The van der Waals surface area contributed by atoms with E-state index in [0.29, 0.717) is 39.1 Å². The van der Waals surface area contributed by atoms with Crippen LogP contribution in [0.25, 0.3) is 0 Å². The van der Waals surface area contributed by atoms with Crippen LogP contribution >= 0.6 is 0 Å². The molecule has 0 radical (unpaired) electrons. The first kappa shape index (κ1) is 15.5. The summed E-state index contributed by atoms with van der Waals surface area (Å²) in [4.78, 5) is 9.90. The highest BCUT2D eigenvalue weighted by atomic mass is 16.5. The smallest absolute Gasteiger partial charge is 0.145 e. The predicted molar refractivity (Wildman–Crippen MR) is 61.7 cm³/mol. The van der Waals surface area contributed by atoms with E-state index >= 15 is 0 Å². The van der Waals surface area contributed by atoms with E-state index in [1.807, 2.05) is 0 Å². The van der Waals surface area contributed by atoms with E-state index in [9.17, 15) is 4.79 Å². The number of ether oxygens (including phenoxy) is 3. The Balaban J connectivity index is 2.90. The summed E-state index contributed by atoms with van der Waals surface area (Å²) in [7, 11) is 0. The number of carbonyl (C=O) groups is 1. The Labute approximate surface area is 97.4 Å². The van der Waals surface area contributed by atoms with Crippen LogP contribution in [0.3, 0.4) is 0 Å². The Kier molecular flexibility index (Phi) is 12.2. The van der Waals surface area contributed by atoms with Gasteiger partial charge in [-0.2, -0.15) is 0 Å². The highest BCUT2D eigenvalue weighted by Crippen LogP contribution is 1.81. The summed E-state index contributed by atoms with van der Waals surface area (Å²) in [6.07, 6.45) is 0.727. The maximum absolute atomic E-state index is 9.90. The van der Waals surface area contributed by atoms with Gasteiger partial charge in [-0.25, -0.2) is 0 Å². The average molecular weight is 233 g/mol. The molecular formula is C11H23NO4. The van der Waals surface area contributed by atoms with Crippen molar-refractivity contribution in [2.75, 3.05) is 46.2 Å². The molecule has 0 saturated heterocycles. The van der Waals surface area contributed by atoms with E-state index in [1.54, 1.807) is 0 Å². The van der Waals surface area contributed by atoms with Crippen LogP contribution in [-0.2, 0) is 19.0 Å². The lowest BCUT2D eigenvalue weighted by Crippen LogP contribution is -2.27. The lowest BCUT2D eigenvalue weighted by molar-refractivity contribution is -0.112. The van der Waals surface area contributed by atoms with Gasteiger partial charge in [0.25, 0.3) is 0 Å². The summed E-state index contributed by atoms with van der Waals surface area (Å²) >= 11 is 0. The van der Waals surface area contributed by atoms with Crippen LogP contribution in [0.2, 0.25) is 0 Å². The Morgan fingerprint density at radius 1 is 1.00 bits per heavy atom. The second-order valence-corrected chi connectivity index (χ2v) is 3.58. The summed E-state index contributed by atoms with van der Waals surface area (Å²) in [5.41, 5.74) is 0. The fourth-order valence-corrected chi connectivity index (χ4v) is 0.991. The van der Waals surface area contributed by atoms with Crippen molar-refractivity contribution in [1.82, 2.24) is 5.32 Å². The molecule has 16 heavy (non-hydrogen) atoms. The van der Waals surface area contributed by atoms with Gasteiger partial charge < -0.3 is 24.3 Å². The lowest BCUT2D eigenvalue weighted by Gasteiger charge is -2.08. The Hall–Kier alpha value is -0.490. The number of carbonyl (C=O) groups excluding carboxylic acids is 1.